The van der Waals surface area contributed by atoms with Crippen LogP contribution in [0, 0.1) is 11.6 Å². The molecule has 0 radical (unpaired) electrons. The number of nitrogens with zero attached hydrogens (tertiary/aromatic N) is 3. The van der Waals surface area contributed by atoms with Crippen molar-refractivity contribution >= 4 is 27.7 Å². The minimum Gasteiger partial charge on any atom is -0.441 e. The predicted octanol–water partition coefficient (Wildman–Crippen LogP) is 6.52. The highest BCUT2D eigenvalue weighted by Crippen LogP contribution is 2.52. The summed E-state index contributed by atoms with van der Waals surface area (Å²) < 4.78 is 64.8. The van der Waals surface area contributed by atoms with Gasteiger partial charge >= 0.3 is 6.09 Å². The summed E-state index contributed by atoms with van der Waals surface area (Å²) >= 11 is 6.05. The van der Waals surface area contributed by atoms with Crippen molar-refractivity contribution in [3.63, 3.8) is 0 Å². The number of piperidine rings is 1. The normalized spacial score (nSPS) is 25.7. The quantitative estimate of drug-likeness (QED) is 0.367. The van der Waals surface area contributed by atoms with Gasteiger partial charge in [-0.1, -0.05) is 30.9 Å². The van der Waals surface area contributed by atoms with Crippen molar-refractivity contribution in [1.82, 2.24) is 14.1 Å². The van der Waals surface area contributed by atoms with Crippen molar-refractivity contribution in [1.29, 1.82) is 0 Å². The number of ether oxygens (including phenoxy) is 1. The number of benzene rings is 2. The van der Waals surface area contributed by atoms with Crippen LogP contribution in [0.5, 0.6) is 0 Å². The Morgan fingerprint density at radius 3 is 2.12 bits per heavy atom. The van der Waals surface area contributed by atoms with E-state index in [9.17, 15) is 22.0 Å². The van der Waals surface area contributed by atoms with Gasteiger partial charge in [0.25, 0.3) is 0 Å². The first-order chi connectivity index (χ1) is 20.2. The molecule has 2 aliphatic carbocycles. The molecule has 2 heterocycles. The minimum absolute atomic E-state index is 0.0293. The lowest BCUT2D eigenvalue weighted by Gasteiger charge is -2.45. The molecule has 0 aromatic heterocycles. The number of amides is 1. The van der Waals surface area contributed by atoms with Crippen molar-refractivity contribution in [2.75, 3.05) is 26.2 Å². The zero-order valence-electron chi connectivity index (χ0n) is 23.7. The maximum absolute atomic E-state index is 14.3. The van der Waals surface area contributed by atoms with Gasteiger partial charge in [0.15, 0.2) is 0 Å². The summed E-state index contributed by atoms with van der Waals surface area (Å²) in [6.07, 6.45) is 8.37. The zero-order chi connectivity index (χ0) is 29.5. The van der Waals surface area contributed by atoms with Crippen LogP contribution in [0.1, 0.15) is 75.8 Å². The number of carbonyl (C=O) groups excluding carboxylic acids is 1. The molecule has 2 aromatic rings. The molecule has 7 nitrogen and oxygen atoms in total. The molecule has 228 valence electrons. The first-order valence-corrected chi connectivity index (χ1v) is 17.0. The van der Waals surface area contributed by atoms with Gasteiger partial charge in [0.05, 0.1) is 17.0 Å². The van der Waals surface area contributed by atoms with E-state index in [0.717, 1.165) is 19.2 Å². The van der Waals surface area contributed by atoms with Gasteiger partial charge in [-0.05, 0) is 86.9 Å². The Labute approximate surface area is 251 Å². The third kappa shape index (κ3) is 6.05. The highest BCUT2D eigenvalue weighted by atomic mass is 35.5. The molecule has 2 saturated carbocycles. The Morgan fingerprint density at radius 2 is 1.50 bits per heavy atom. The first-order valence-electron chi connectivity index (χ1n) is 15.1. The summed E-state index contributed by atoms with van der Waals surface area (Å²) in [7, 11) is -4.16. The van der Waals surface area contributed by atoms with Gasteiger partial charge in [0.2, 0.25) is 10.0 Å². The van der Waals surface area contributed by atoms with Gasteiger partial charge in [-0.2, -0.15) is 4.31 Å². The summed E-state index contributed by atoms with van der Waals surface area (Å²) in [5, 5.41) is 0.393. The maximum Gasteiger partial charge on any atom is 0.410 e. The summed E-state index contributed by atoms with van der Waals surface area (Å²) in [6.45, 7) is 2.77. The molecule has 0 spiro atoms. The highest BCUT2D eigenvalue weighted by Gasteiger charge is 2.60. The molecule has 2 atom stereocenters. The Balaban J connectivity index is 1.25. The van der Waals surface area contributed by atoms with E-state index >= 15 is 0 Å². The van der Waals surface area contributed by atoms with Crippen molar-refractivity contribution < 1.29 is 26.7 Å². The van der Waals surface area contributed by atoms with Crippen LogP contribution in [0.2, 0.25) is 5.02 Å². The third-order valence-corrected chi connectivity index (χ3v) is 11.7. The number of halogens is 3. The van der Waals surface area contributed by atoms with E-state index in [2.05, 4.69) is 4.90 Å². The molecule has 2 aliphatic heterocycles. The molecule has 1 amide bonds. The highest BCUT2D eigenvalue weighted by molar-refractivity contribution is 7.89. The van der Waals surface area contributed by atoms with Crippen molar-refractivity contribution in [2.45, 2.75) is 92.8 Å². The molecule has 11 heteroatoms. The summed E-state index contributed by atoms with van der Waals surface area (Å²) in [4.78, 5) is 17.7. The van der Waals surface area contributed by atoms with E-state index in [1.165, 1.54) is 72.8 Å². The van der Waals surface area contributed by atoms with E-state index in [1.807, 2.05) is 0 Å². The van der Waals surface area contributed by atoms with Crippen LogP contribution in [-0.4, -0.2) is 72.5 Å². The SMILES string of the molecule is O=C(OC1([C@H]2CCC[C@@H](c3cc(F)cc(F)c3)N2S(=O)(=O)c2ccc(Cl)cc2)CC1)N1CCN(C2CCCCC2)CC1. The lowest BCUT2D eigenvalue weighted by Crippen LogP contribution is -2.56. The molecule has 0 unspecified atom stereocenters. The fraction of sp³-hybridized carbons (Fsp3) is 0.581. The van der Waals surface area contributed by atoms with Crippen molar-refractivity contribution in [2.24, 2.45) is 0 Å². The molecule has 2 saturated heterocycles. The number of piperazine rings is 1. The lowest BCUT2D eigenvalue weighted by atomic mass is 9.90. The zero-order valence-corrected chi connectivity index (χ0v) is 25.3. The number of rotatable bonds is 6. The molecule has 0 N–H and O–H groups in total. The fourth-order valence-electron chi connectivity index (χ4n) is 7.20. The largest absolute Gasteiger partial charge is 0.441 e. The van der Waals surface area contributed by atoms with Gasteiger partial charge in [-0.15, -0.1) is 0 Å². The van der Waals surface area contributed by atoms with Gasteiger partial charge in [-0.25, -0.2) is 22.0 Å². The Morgan fingerprint density at radius 1 is 0.857 bits per heavy atom. The number of hydrogen-bond acceptors (Lipinski definition) is 5. The monoisotopic (exact) mass is 621 g/mol. The molecule has 2 aromatic carbocycles. The molecule has 4 fully saturated rings. The lowest BCUT2D eigenvalue weighted by molar-refractivity contribution is -0.0169. The van der Waals surface area contributed by atoms with Gasteiger partial charge in [0.1, 0.15) is 17.2 Å². The van der Waals surface area contributed by atoms with Crippen LogP contribution in [0.25, 0.3) is 0 Å². The predicted molar refractivity (Wildman–Crippen MR) is 156 cm³/mol. The molecular weight excluding hydrogens is 584 g/mol. The van der Waals surface area contributed by atoms with Crippen LogP contribution in [0.4, 0.5) is 13.6 Å². The van der Waals surface area contributed by atoms with Gasteiger partial charge < -0.3 is 9.64 Å². The summed E-state index contributed by atoms with van der Waals surface area (Å²) in [5.74, 6) is -1.54. The Kier molecular flexibility index (Phi) is 8.52. The Hall–Kier alpha value is -2.27. The van der Waals surface area contributed by atoms with Gasteiger partial charge in [0, 0.05) is 43.3 Å². The number of hydrogen-bond donors (Lipinski definition) is 0. The fourth-order valence-corrected chi connectivity index (χ4v) is 9.24. The standard InChI is InChI=1S/C31H38ClF2N3O4S/c32-23-9-11-27(12-10-23)42(39,40)37-28(22-19-24(33)21-25(34)20-22)7-4-8-29(37)31(13-14-31)41-30(38)36-17-15-35(16-18-36)26-5-2-1-3-6-26/h9-12,19-21,26,28-29H,1-8,13-18H2/t28-,29+/m0/s1. The van der Waals surface area contributed by atoms with E-state index < -0.39 is 45.4 Å². The van der Waals surface area contributed by atoms with Crippen LogP contribution in [0.15, 0.2) is 47.4 Å². The molecular formula is C31H38ClF2N3O4S. The van der Waals surface area contributed by atoms with Gasteiger partial charge in [-0.3, -0.25) is 4.90 Å². The molecule has 0 bridgehead atoms. The first kappa shape index (κ1) is 29.8. The Bertz CT molecular complexity index is 1370. The van der Waals surface area contributed by atoms with E-state index in [0.29, 0.717) is 56.3 Å². The van der Waals surface area contributed by atoms with Crippen LogP contribution in [0.3, 0.4) is 0 Å². The smallest absolute Gasteiger partial charge is 0.410 e. The topological polar surface area (TPSA) is 70.2 Å². The van der Waals surface area contributed by atoms with Crippen LogP contribution < -0.4 is 0 Å². The van der Waals surface area contributed by atoms with Crippen LogP contribution in [-0.2, 0) is 14.8 Å². The molecule has 4 aliphatic rings. The second kappa shape index (κ2) is 12.0. The van der Waals surface area contributed by atoms with E-state index in [4.69, 9.17) is 16.3 Å². The molecule has 6 rings (SSSR count). The second-order valence-corrected chi connectivity index (χ2v) is 14.5. The van der Waals surface area contributed by atoms with Crippen molar-refractivity contribution in [3.05, 3.63) is 64.7 Å². The average Bonchev–Trinajstić information content (AvgIpc) is 3.77. The van der Waals surface area contributed by atoms with E-state index in [-0.39, 0.29) is 10.5 Å². The number of carbonyl (C=O) groups is 1. The maximum atomic E-state index is 14.3. The summed E-state index contributed by atoms with van der Waals surface area (Å²) in [6, 6.07) is 8.14. The minimum atomic E-state index is -4.16. The van der Waals surface area contributed by atoms with Crippen molar-refractivity contribution in [3.8, 4) is 0 Å². The molecule has 42 heavy (non-hydrogen) atoms. The van der Waals surface area contributed by atoms with Crippen LogP contribution >= 0.6 is 11.6 Å². The second-order valence-electron chi connectivity index (χ2n) is 12.2. The number of sulfonamides is 1. The average molecular weight is 622 g/mol. The third-order valence-electron chi connectivity index (χ3n) is 9.53. The van der Waals surface area contributed by atoms with E-state index in [1.54, 1.807) is 4.90 Å². The summed E-state index contributed by atoms with van der Waals surface area (Å²) in [5.41, 5.74) is -0.738.